The third-order valence-corrected chi connectivity index (χ3v) is 3.67. The van der Waals surface area contributed by atoms with Gasteiger partial charge in [-0.2, -0.15) is 10.4 Å². The van der Waals surface area contributed by atoms with E-state index in [1.807, 2.05) is 11.7 Å². The van der Waals surface area contributed by atoms with E-state index in [4.69, 9.17) is 5.26 Å². The first-order valence-corrected chi connectivity index (χ1v) is 6.61. The Morgan fingerprint density at radius 1 is 1.50 bits per heavy atom. The molecule has 1 unspecified atom stereocenters. The number of thiocyanates is 1. The molecule has 4 heteroatoms. The molecule has 0 aliphatic heterocycles. The smallest absolute Gasteiger partial charge is 0.133 e. The normalized spacial score (nSPS) is 12.4. The lowest BCUT2D eigenvalue weighted by Crippen LogP contribution is -2.02. The van der Waals surface area contributed by atoms with E-state index >= 15 is 0 Å². The first-order chi connectivity index (χ1) is 7.61. The van der Waals surface area contributed by atoms with E-state index in [-0.39, 0.29) is 0 Å². The predicted octanol–water partition coefficient (Wildman–Crippen LogP) is 3.13. The fourth-order valence-electron chi connectivity index (χ4n) is 2.18. The van der Waals surface area contributed by atoms with Gasteiger partial charge in [-0.05, 0) is 49.9 Å². The molecule has 0 aliphatic carbocycles. The number of thioether (sulfide) groups is 1. The Bertz CT molecular complexity index is 390. The van der Waals surface area contributed by atoms with Gasteiger partial charge in [-0.3, -0.25) is 4.68 Å². The lowest BCUT2D eigenvalue weighted by atomic mass is 9.92. The fraction of sp³-hybridized carbons (Fsp3) is 0.667. The van der Waals surface area contributed by atoms with Gasteiger partial charge in [0.25, 0.3) is 0 Å². The van der Waals surface area contributed by atoms with Crippen molar-refractivity contribution in [2.45, 2.75) is 39.5 Å². The van der Waals surface area contributed by atoms with Crippen molar-refractivity contribution in [1.29, 1.82) is 5.26 Å². The quantitative estimate of drug-likeness (QED) is 0.583. The average molecular weight is 237 g/mol. The summed E-state index contributed by atoms with van der Waals surface area (Å²) in [5.74, 6) is 1.44. The summed E-state index contributed by atoms with van der Waals surface area (Å²) in [5.41, 5.74) is 3.77. The third-order valence-electron chi connectivity index (χ3n) is 3.10. The van der Waals surface area contributed by atoms with Crippen molar-refractivity contribution in [2.24, 2.45) is 7.05 Å². The molecule has 0 N–H and O–H groups in total. The maximum atomic E-state index is 8.53. The molecule has 1 rings (SSSR count). The van der Waals surface area contributed by atoms with E-state index in [2.05, 4.69) is 31.3 Å². The van der Waals surface area contributed by atoms with E-state index in [0.29, 0.717) is 5.92 Å². The molecule has 0 saturated carbocycles. The lowest BCUT2D eigenvalue weighted by molar-refractivity contribution is 0.637. The minimum Gasteiger partial charge on any atom is -0.272 e. The molecule has 0 saturated heterocycles. The van der Waals surface area contributed by atoms with Crippen LogP contribution in [0.5, 0.6) is 0 Å². The van der Waals surface area contributed by atoms with E-state index < -0.39 is 0 Å². The summed E-state index contributed by atoms with van der Waals surface area (Å²) >= 11 is 1.34. The van der Waals surface area contributed by atoms with Crippen LogP contribution in [0.1, 0.15) is 42.6 Å². The number of aromatic nitrogens is 2. The summed E-state index contributed by atoms with van der Waals surface area (Å²) in [6, 6.07) is 0. The van der Waals surface area contributed by atoms with Gasteiger partial charge in [0.1, 0.15) is 5.40 Å². The van der Waals surface area contributed by atoms with E-state index in [1.165, 1.54) is 23.0 Å². The van der Waals surface area contributed by atoms with Gasteiger partial charge < -0.3 is 0 Å². The summed E-state index contributed by atoms with van der Waals surface area (Å²) in [6.45, 7) is 6.39. The average Bonchev–Trinajstić information content (AvgIpc) is 2.50. The van der Waals surface area contributed by atoms with Gasteiger partial charge in [-0.1, -0.05) is 6.92 Å². The monoisotopic (exact) mass is 237 g/mol. The van der Waals surface area contributed by atoms with Crippen LogP contribution >= 0.6 is 11.8 Å². The van der Waals surface area contributed by atoms with Crippen molar-refractivity contribution in [1.82, 2.24) is 9.78 Å². The molecule has 16 heavy (non-hydrogen) atoms. The molecule has 0 fully saturated rings. The molecule has 1 aromatic rings. The number of hydrogen-bond donors (Lipinski definition) is 0. The minimum atomic E-state index is 0.537. The molecule has 1 heterocycles. The minimum absolute atomic E-state index is 0.537. The predicted molar refractivity (Wildman–Crippen MR) is 68.4 cm³/mol. The fourth-order valence-corrected chi connectivity index (χ4v) is 2.67. The third kappa shape index (κ3) is 2.79. The van der Waals surface area contributed by atoms with Gasteiger partial charge in [0.2, 0.25) is 0 Å². The molecule has 0 spiro atoms. The van der Waals surface area contributed by atoms with Crippen molar-refractivity contribution in [3.8, 4) is 5.40 Å². The first kappa shape index (κ1) is 13.1. The molecule has 0 bridgehead atoms. The number of hydrogen-bond acceptors (Lipinski definition) is 3. The molecule has 0 amide bonds. The molecule has 1 aromatic heterocycles. The molecule has 0 aromatic carbocycles. The number of aryl methyl sites for hydroxylation is 2. The molecule has 0 radical (unpaired) electrons. The van der Waals surface area contributed by atoms with Gasteiger partial charge in [0.05, 0.1) is 5.69 Å². The highest BCUT2D eigenvalue weighted by Crippen LogP contribution is 2.29. The van der Waals surface area contributed by atoms with Crippen LogP contribution in [0.3, 0.4) is 0 Å². The van der Waals surface area contributed by atoms with Crippen LogP contribution in [0.25, 0.3) is 0 Å². The highest BCUT2D eigenvalue weighted by Gasteiger charge is 2.18. The Labute approximate surface area is 102 Å². The van der Waals surface area contributed by atoms with Crippen molar-refractivity contribution < 1.29 is 0 Å². The molecule has 88 valence electrons. The van der Waals surface area contributed by atoms with Crippen LogP contribution in [0.2, 0.25) is 0 Å². The Morgan fingerprint density at radius 2 is 2.19 bits per heavy atom. The van der Waals surface area contributed by atoms with Crippen molar-refractivity contribution in [3.05, 3.63) is 17.0 Å². The second-order valence-electron chi connectivity index (χ2n) is 4.04. The lowest BCUT2D eigenvalue weighted by Gasteiger charge is -2.14. The summed E-state index contributed by atoms with van der Waals surface area (Å²) in [4.78, 5) is 0. The highest BCUT2D eigenvalue weighted by molar-refractivity contribution is 8.03. The molecular formula is C12H19N3S. The summed E-state index contributed by atoms with van der Waals surface area (Å²) in [5, 5.41) is 15.1. The van der Waals surface area contributed by atoms with Gasteiger partial charge in [0, 0.05) is 18.5 Å². The zero-order chi connectivity index (χ0) is 12.1. The Hall–Kier alpha value is -0.950. The topological polar surface area (TPSA) is 41.6 Å². The maximum Gasteiger partial charge on any atom is 0.133 e. The Balaban J connectivity index is 2.83. The number of nitriles is 1. The van der Waals surface area contributed by atoms with E-state index in [1.54, 1.807) is 0 Å². The number of nitrogens with zero attached hydrogens (tertiary/aromatic N) is 3. The van der Waals surface area contributed by atoms with Gasteiger partial charge >= 0.3 is 0 Å². The standard InChI is InChI=1S/C12H19N3S/c1-5-11(6-7-16-8-13)12-9(2)14-15(4)10(12)3/h11H,5-7H2,1-4H3. The van der Waals surface area contributed by atoms with Crippen LogP contribution in [0.15, 0.2) is 0 Å². The van der Waals surface area contributed by atoms with Crippen LogP contribution in [-0.4, -0.2) is 15.5 Å². The largest absolute Gasteiger partial charge is 0.272 e. The zero-order valence-corrected chi connectivity index (χ0v) is 11.3. The van der Waals surface area contributed by atoms with Crippen LogP contribution in [0.4, 0.5) is 0 Å². The SMILES string of the molecule is CCC(CCSC#N)c1c(C)nn(C)c1C. The molecule has 1 atom stereocenters. The molecule has 0 aliphatic rings. The van der Waals surface area contributed by atoms with Crippen LogP contribution in [-0.2, 0) is 7.05 Å². The van der Waals surface area contributed by atoms with Gasteiger partial charge in [0.15, 0.2) is 0 Å². The van der Waals surface area contributed by atoms with Gasteiger partial charge in [-0.25, -0.2) is 0 Å². The molecule has 3 nitrogen and oxygen atoms in total. The van der Waals surface area contributed by atoms with Gasteiger partial charge in [-0.15, -0.1) is 0 Å². The van der Waals surface area contributed by atoms with Crippen LogP contribution in [0, 0.1) is 24.5 Å². The first-order valence-electron chi connectivity index (χ1n) is 5.62. The van der Waals surface area contributed by atoms with Crippen molar-refractivity contribution in [3.63, 3.8) is 0 Å². The second-order valence-corrected chi connectivity index (χ2v) is 4.92. The Kier molecular flexibility index (Phi) is 4.88. The Morgan fingerprint density at radius 3 is 2.62 bits per heavy atom. The summed E-state index contributed by atoms with van der Waals surface area (Å²) in [7, 11) is 1.99. The summed E-state index contributed by atoms with van der Waals surface area (Å²) < 4.78 is 1.95. The van der Waals surface area contributed by atoms with Crippen LogP contribution < -0.4 is 0 Å². The van der Waals surface area contributed by atoms with E-state index in [9.17, 15) is 0 Å². The van der Waals surface area contributed by atoms with Crippen molar-refractivity contribution >= 4 is 11.8 Å². The zero-order valence-electron chi connectivity index (χ0n) is 10.4. The maximum absolute atomic E-state index is 8.53. The molecular weight excluding hydrogens is 218 g/mol. The van der Waals surface area contributed by atoms with E-state index in [0.717, 1.165) is 24.3 Å². The summed E-state index contributed by atoms with van der Waals surface area (Å²) in [6.07, 6.45) is 2.17. The highest BCUT2D eigenvalue weighted by atomic mass is 32.2. The number of rotatable bonds is 5. The van der Waals surface area contributed by atoms with Crippen molar-refractivity contribution in [2.75, 3.05) is 5.75 Å². The second kappa shape index (κ2) is 5.95.